The zero-order valence-corrected chi connectivity index (χ0v) is 6.49. The molecule has 0 heterocycles. The second kappa shape index (κ2) is 4.87. The number of rotatable bonds is 5. The third-order valence-corrected chi connectivity index (χ3v) is 1.38. The summed E-state index contributed by atoms with van der Waals surface area (Å²) in [5.74, 6) is -3.56. The number of hydrogen-bond donors (Lipinski definition) is 5. The minimum atomic E-state index is -2.24. The highest BCUT2D eigenvalue weighted by molar-refractivity contribution is 6.34. The Hall–Kier alpha value is -1.02. The first-order chi connectivity index (χ1) is 5.91. The monoisotopic (exact) mass is 194 g/mol. The molecule has 0 radical (unpaired) electrons. The first-order valence-corrected chi connectivity index (χ1v) is 3.34. The van der Waals surface area contributed by atoms with Crippen LogP contribution in [-0.4, -0.2) is 62.2 Å². The van der Waals surface area contributed by atoms with Crippen molar-refractivity contribution in [2.45, 2.75) is 18.3 Å². The lowest BCUT2D eigenvalue weighted by atomic mass is 10.1. The highest BCUT2D eigenvalue weighted by Crippen LogP contribution is 2.01. The van der Waals surface area contributed by atoms with Crippen molar-refractivity contribution in [1.29, 1.82) is 0 Å². The molecule has 0 amide bonds. The number of carbonyl (C=O) groups excluding carboxylic acids is 1. The summed E-state index contributed by atoms with van der Waals surface area (Å²) >= 11 is 0. The van der Waals surface area contributed by atoms with Crippen molar-refractivity contribution >= 4 is 11.8 Å². The minimum absolute atomic E-state index is 0.884. The number of carbonyl (C=O) groups is 2. The average molecular weight is 194 g/mol. The Labute approximate surface area is 72.9 Å². The molecule has 0 aromatic carbocycles. The molecule has 0 aliphatic carbocycles. The van der Waals surface area contributed by atoms with E-state index < -0.39 is 36.7 Å². The molecule has 0 aromatic heterocycles. The second-order valence-electron chi connectivity index (χ2n) is 2.35. The Morgan fingerprint density at radius 2 is 1.62 bits per heavy atom. The zero-order valence-electron chi connectivity index (χ0n) is 6.49. The summed E-state index contributed by atoms with van der Waals surface area (Å²) in [7, 11) is 0. The molecule has 7 nitrogen and oxygen atoms in total. The van der Waals surface area contributed by atoms with Gasteiger partial charge in [0.15, 0.2) is 6.10 Å². The van der Waals surface area contributed by atoms with Gasteiger partial charge in [0, 0.05) is 0 Å². The summed E-state index contributed by atoms with van der Waals surface area (Å²) in [5, 5.41) is 42.8. The van der Waals surface area contributed by atoms with Crippen LogP contribution in [-0.2, 0) is 9.59 Å². The molecule has 0 bridgehead atoms. The van der Waals surface area contributed by atoms with Crippen LogP contribution in [0.5, 0.6) is 0 Å². The van der Waals surface area contributed by atoms with Crippen LogP contribution in [0.1, 0.15) is 0 Å². The van der Waals surface area contributed by atoms with E-state index in [0.29, 0.717) is 0 Å². The van der Waals surface area contributed by atoms with Crippen LogP contribution in [0.2, 0.25) is 0 Å². The molecule has 13 heavy (non-hydrogen) atoms. The van der Waals surface area contributed by atoms with Crippen LogP contribution >= 0.6 is 0 Å². The van der Waals surface area contributed by atoms with Crippen LogP contribution in [0.25, 0.3) is 0 Å². The first kappa shape index (κ1) is 12.0. The lowest BCUT2D eigenvalue weighted by Crippen LogP contribution is -2.46. The summed E-state index contributed by atoms with van der Waals surface area (Å²) in [6, 6.07) is 0. The highest BCUT2D eigenvalue weighted by atomic mass is 16.4. The molecule has 0 rings (SSSR count). The van der Waals surface area contributed by atoms with Gasteiger partial charge < -0.3 is 25.5 Å². The maximum absolute atomic E-state index is 10.5. The van der Waals surface area contributed by atoms with E-state index in [1.54, 1.807) is 0 Å². The Morgan fingerprint density at radius 1 is 1.15 bits per heavy atom. The maximum Gasteiger partial charge on any atom is 0.375 e. The van der Waals surface area contributed by atoms with Gasteiger partial charge in [-0.3, -0.25) is 4.79 Å². The Balaban J connectivity index is 4.33. The summed E-state index contributed by atoms with van der Waals surface area (Å²) in [5.41, 5.74) is 0. The molecule has 5 N–H and O–H groups in total. The van der Waals surface area contributed by atoms with E-state index in [1.807, 2.05) is 0 Å². The Morgan fingerprint density at radius 3 is 1.92 bits per heavy atom. The van der Waals surface area contributed by atoms with E-state index in [0.717, 1.165) is 0 Å². The molecule has 0 fully saturated rings. The van der Waals surface area contributed by atoms with Gasteiger partial charge >= 0.3 is 5.97 Å². The van der Waals surface area contributed by atoms with Crippen molar-refractivity contribution in [3.63, 3.8) is 0 Å². The van der Waals surface area contributed by atoms with E-state index in [1.165, 1.54) is 0 Å². The first-order valence-electron chi connectivity index (χ1n) is 3.34. The fourth-order valence-electron chi connectivity index (χ4n) is 0.600. The van der Waals surface area contributed by atoms with Gasteiger partial charge in [-0.2, -0.15) is 0 Å². The van der Waals surface area contributed by atoms with Crippen LogP contribution in [0.15, 0.2) is 0 Å². The van der Waals surface area contributed by atoms with Gasteiger partial charge in [-0.25, -0.2) is 4.79 Å². The molecule has 76 valence electrons. The lowest BCUT2D eigenvalue weighted by molar-refractivity contribution is -0.159. The molecular formula is C6H10O7. The second-order valence-corrected chi connectivity index (χ2v) is 2.35. The van der Waals surface area contributed by atoms with Gasteiger partial charge in [-0.1, -0.05) is 0 Å². The van der Waals surface area contributed by atoms with E-state index >= 15 is 0 Å². The minimum Gasteiger partial charge on any atom is -0.475 e. The number of carboxylic acids is 1. The van der Waals surface area contributed by atoms with Crippen LogP contribution < -0.4 is 0 Å². The Bertz CT molecular complexity index is 201. The molecule has 0 aliphatic heterocycles. The molecular weight excluding hydrogens is 184 g/mol. The molecule has 0 aliphatic rings. The molecule has 7 heteroatoms. The van der Waals surface area contributed by atoms with Crippen LogP contribution in [0, 0.1) is 0 Å². The predicted octanol–water partition coefficient (Wildman–Crippen LogP) is -3.28. The van der Waals surface area contributed by atoms with Crippen molar-refractivity contribution in [2.24, 2.45) is 0 Å². The van der Waals surface area contributed by atoms with Gasteiger partial charge in [0.05, 0.1) is 6.61 Å². The standard InChI is InChI=1S/C6H10O7/c7-1-2(8)3(9)4(10)5(11)6(12)13/h2-4,7-10H,1H2,(H,12,13)/t2-,3-,4-/m0/s1. The van der Waals surface area contributed by atoms with E-state index in [4.69, 9.17) is 25.5 Å². The molecule has 0 saturated carbocycles. The van der Waals surface area contributed by atoms with E-state index in [9.17, 15) is 9.59 Å². The number of aliphatic hydroxyl groups excluding tert-OH is 4. The number of aliphatic carboxylic acids is 1. The lowest BCUT2D eigenvalue weighted by Gasteiger charge is -2.18. The third kappa shape index (κ3) is 3.07. The number of Topliss-reactive ketones (excluding diaryl/α,β-unsaturated/α-hetero) is 1. The molecule has 0 unspecified atom stereocenters. The third-order valence-electron chi connectivity index (χ3n) is 1.38. The zero-order chi connectivity index (χ0) is 10.6. The fraction of sp³-hybridized carbons (Fsp3) is 0.667. The summed E-state index contributed by atoms with van der Waals surface area (Å²) in [4.78, 5) is 20.5. The van der Waals surface area contributed by atoms with Gasteiger partial charge in [0.2, 0.25) is 0 Å². The summed E-state index contributed by atoms with van der Waals surface area (Å²) in [6.07, 6.45) is -5.99. The maximum atomic E-state index is 10.5. The topological polar surface area (TPSA) is 135 Å². The van der Waals surface area contributed by atoms with Crippen molar-refractivity contribution in [1.82, 2.24) is 0 Å². The highest BCUT2D eigenvalue weighted by Gasteiger charge is 2.33. The van der Waals surface area contributed by atoms with Crippen molar-refractivity contribution in [3.8, 4) is 0 Å². The molecule has 0 aromatic rings. The van der Waals surface area contributed by atoms with Gasteiger partial charge in [0.1, 0.15) is 12.2 Å². The van der Waals surface area contributed by atoms with Crippen molar-refractivity contribution in [2.75, 3.05) is 6.61 Å². The van der Waals surface area contributed by atoms with Gasteiger partial charge in [0.25, 0.3) is 5.78 Å². The largest absolute Gasteiger partial charge is 0.475 e. The van der Waals surface area contributed by atoms with E-state index in [2.05, 4.69) is 0 Å². The summed E-state index contributed by atoms with van der Waals surface area (Å²) in [6.45, 7) is -0.884. The normalized spacial score (nSPS) is 17.5. The van der Waals surface area contributed by atoms with Gasteiger partial charge in [-0.05, 0) is 0 Å². The molecule has 0 saturated heterocycles. The van der Waals surface area contributed by atoms with Crippen molar-refractivity contribution < 1.29 is 35.1 Å². The van der Waals surface area contributed by atoms with Crippen LogP contribution in [0.4, 0.5) is 0 Å². The van der Waals surface area contributed by atoms with E-state index in [-0.39, 0.29) is 0 Å². The summed E-state index contributed by atoms with van der Waals surface area (Å²) < 4.78 is 0. The average Bonchev–Trinajstić information content (AvgIpc) is 2.12. The number of ketones is 1. The predicted molar refractivity (Wildman–Crippen MR) is 37.7 cm³/mol. The number of aliphatic hydroxyl groups is 4. The van der Waals surface area contributed by atoms with Gasteiger partial charge in [-0.15, -0.1) is 0 Å². The molecule has 0 spiro atoms. The number of carboxylic acid groups (broad SMARTS) is 1. The smallest absolute Gasteiger partial charge is 0.375 e. The molecule has 3 atom stereocenters. The Kier molecular flexibility index (Phi) is 4.49. The quantitative estimate of drug-likeness (QED) is 0.289. The SMILES string of the molecule is O=C(O)C(=O)[C@@H](O)[C@@H](O)[C@@H](O)CO. The van der Waals surface area contributed by atoms with Crippen molar-refractivity contribution in [3.05, 3.63) is 0 Å². The fourth-order valence-corrected chi connectivity index (χ4v) is 0.600. The van der Waals surface area contributed by atoms with Crippen LogP contribution in [0.3, 0.4) is 0 Å². The number of hydrogen-bond acceptors (Lipinski definition) is 6.